The van der Waals surface area contributed by atoms with E-state index in [0.29, 0.717) is 36.6 Å². The molecule has 23 heavy (non-hydrogen) atoms. The number of hydrogen-bond donors (Lipinski definition) is 0. The lowest BCUT2D eigenvalue weighted by molar-refractivity contribution is -0.146. The molecule has 0 aliphatic carbocycles. The van der Waals surface area contributed by atoms with Gasteiger partial charge in [0.25, 0.3) is 0 Å². The van der Waals surface area contributed by atoms with E-state index in [9.17, 15) is 9.59 Å². The summed E-state index contributed by atoms with van der Waals surface area (Å²) in [6.45, 7) is 0.535. The van der Waals surface area contributed by atoms with E-state index in [-0.39, 0.29) is 18.2 Å². The zero-order valence-electron chi connectivity index (χ0n) is 13.9. The number of likely N-dealkylation sites (tertiary alicyclic amines) is 1. The van der Waals surface area contributed by atoms with Crippen LogP contribution in [0.25, 0.3) is 0 Å². The molecule has 1 fully saturated rings. The molecule has 0 radical (unpaired) electrons. The van der Waals surface area contributed by atoms with Gasteiger partial charge < -0.3 is 14.2 Å². The number of carbonyl (C=O) groups is 2. The molecule has 0 bridgehead atoms. The van der Waals surface area contributed by atoms with Crippen LogP contribution in [0.2, 0.25) is 0 Å². The van der Waals surface area contributed by atoms with Gasteiger partial charge in [0.15, 0.2) is 11.5 Å². The minimum absolute atomic E-state index is 0.0638. The molecule has 1 saturated heterocycles. The van der Waals surface area contributed by atoms with E-state index < -0.39 is 0 Å². The Morgan fingerprint density at radius 1 is 1.09 bits per heavy atom. The van der Waals surface area contributed by atoms with Crippen LogP contribution in [0.3, 0.4) is 0 Å². The third kappa shape index (κ3) is 3.94. The van der Waals surface area contributed by atoms with Crippen LogP contribution in [0, 0.1) is 0 Å². The van der Waals surface area contributed by atoms with Crippen molar-refractivity contribution in [1.29, 1.82) is 0 Å². The Hall–Kier alpha value is -2.24. The van der Waals surface area contributed by atoms with Crippen molar-refractivity contribution in [3.05, 3.63) is 17.7 Å². The first-order chi connectivity index (χ1) is 11.1. The molecule has 0 saturated carbocycles. The van der Waals surface area contributed by atoms with Crippen molar-refractivity contribution in [2.75, 3.05) is 27.9 Å². The third-order valence-corrected chi connectivity index (χ3v) is 3.98. The first kappa shape index (κ1) is 17.1. The molecule has 1 heterocycles. The minimum Gasteiger partial charge on any atom is -0.493 e. The summed E-state index contributed by atoms with van der Waals surface area (Å²) in [6.07, 6.45) is 3.02. The molecule has 0 unspecified atom stereocenters. The maximum absolute atomic E-state index is 12.2. The Morgan fingerprint density at radius 2 is 1.74 bits per heavy atom. The van der Waals surface area contributed by atoms with Gasteiger partial charge in [-0.1, -0.05) is 0 Å². The van der Waals surface area contributed by atoms with Crippen LogP contribution < -0.4 is 14.2 Å². The zero-order chi connectivity index (χ0) is 16.8. The molecular weight excluding hydrogens is 298 g/mol. The van der Waals surface area contributed by atoms with E-state index in [0.717, 1.165) is 18.4 Å². The van der Waals surface area contributed by atoms with Crippen molar-refractivity contribution in [3.8, 4) is 17.2 Å². The smallest absolute Gasteiger partial charge is 0.229 e. The molecule has 0 atom stereocenters. The van der Waals surface area contributed by atoms with Gasteiger partial charge in [-0.15, -0.1) is 0 Å². The van der Waals surface area contributed by atoms with Crippen LogP contribution in [0.15, 0.2) is 12.1 Å². The molecule has 1 aliphatic heterocycles. The fraction of sp³-hybridized carbons (Fsp3) is 0.529. The van der Waals surface area contributed by atoms with E-state index >= 15 is 0 Å². The summed E-state index contributed by atoms with van der Waals surface area (Å²) in [4.78, 5) is 25.4. The maximum atomic E-state index is 12.2. The highest BCUT2D eigenvalue weighted by Crippen LogP contribution is 2.38. The molecule has 0 spiro atoms. The van der Waals surface area contributed by atoms with Crippen molar-refractivity contribution in [2.24, 2.45) is 0 Å². The maximum Gasteiger partial charge on any atom is 0.229 e. The lowest BCUT2D eigenvalue weighted by Crippen LogP contribution is -2.40. The van der Waals surface area contributed by atoms with Gasteiger partial charge in [-0.25, -0.2) is 0 Å². The third-order valence-electron chi connectivity index (χ3n) is 3.98. The predicted molar refractivity (Wildman–Crippen MR) is 85.0 cm³/mol. The summed E-state index contributed by atoms with van der Waals surface area (Å²) < 4.78 is 15.9. The summed E-state index contributed by atoms with van der Waals surface area (Å²) in [5.41, 5.74) is 0.900. The number of benzene rings is 1. The van der Waals surface area contributed by atoms with Crippen molar-refractivity contribution in [3.63, 3.8) is 0 Å². The zero-order valence-corrected chi connectivity index (χ0v) is 13.9. The Labute approximate surface area is 136 Å². The van der Waals surface area contributed by atoms with Gasteiger partial charge in [-0.05, 0) is 37.0 Å². The van der Waals surface area contributed by atoms with E-state index in [1.165, 1.54) is 4.90 Å². The summed E-state index contributed by atoms with van der Waals surface area (Å²) in [7, 11) is 4.66. The van der Waals surface area contributed by atoms with E-state index in [1.807, 2.05) is 12.1 Å². The number of aryl methyl sites for hydroxylation is 1. The van der Waals surface area contributed by atoms with Gasteiger partial charge >= 0.3 is 0 Å². The summed E-state index contributed by atoms with van der Waals surface area (Å²) in [5.74, 6) is 1.46. The van der Waals surface area contributed by atoms with Gasteiger partial charge in [0, 0.05) is 19.4 Å². The number of hydrogen-bond acceptors (Lipinski definition) is 5. The fourth-order valence-electron chi connectivity index (χ4n) is 2.74. The van der Waals surface area contributed by atoms with Crippen LogP contribution in [0.5, 0.6) is 17.2 Å². The fourth-order valence-corrected chi connectivity index (χ4v) is 2.74. The number of imide groups is 1. The van der Waals surface area contributed by atoms with E-state index in [2.05, 4.69) is 0 Å². The normalized spacial score (nSPS) is 14.6. The average molecular weight is 321 g/mol. The van der Waals surface area contributed by atoms with E-state index in [1.54, 1.807) is 21.3 Å². The second kappa shape index (κ2) is 7.85. The Balaban J connectivity index is 2.08. The van der Waals surface area contributed by atoms with Crippen LogP contribution >= 0.6 is 0 Å². The van der Waals surface area contributed by atoms with E-state index in [4.69, 9.17) is 14.2 Å². The molecule has 6 nitrogen and oxygen atoms in total. The van der Waals surface area contributed by atoms with Gasteiger partial charge in [0.05, 0.1) is 21.3 Å². The Morgan fingerprint density at radius 3 is 2.26 bits per heavy atom. The van der Waals surface area contributed by atoms with Crippen LogP contribution in [-0.4, -0.2) is 44.6 Å². The number of methoxy groups -OCH3 is 3. The number of ether oxygens (including phenoxy) is 3. The average Bonchev–Trinajstić information content (AvgIpc) is 2.58. The molecule has 6 heteroatoms. The van der Waals surface area contributed by atoms with Gasteiger partial charge in [0.2, 0.25) is 17.6 Å². The number of nitrogens with zero attached hydrogens (tertiary/aromatic N) is 1. The molecule has 1 aromatic rings. The first-order valence-electron chi connectivity index (χ1n) is 7.72. The quantitative estimate of drug-likeness (QED) is 0.803. The van der Waals surface area contributed by atoms with Crippen molar-refractivity contribution >= 4 is 11.8 Å². The number of carbonyl (C=O) groups excluding carboxylic acids is 2. The highest BCUT2D eigenvalue weighted by molar-refractivity contribution is 5.95. The largest absolute Gasteiger partial charge is 0.493 e. The second-order valence-corrected chi connectivity index (χ2v) is 5.43. The minimum atomic E-state index is -0.122. The van der Waals surface area contributed by atoms with Crippen molar-refractivity contribution in [2.45, 2.75) is 32.1 Å². The lowest BCUT2D eigenvalue weighted by Gasteiger charge is -2.24. The number of amides is 2. The van der Waals surface area contributed by atoms with Crippen LogP contribution in [0.1, 0.15) is 31.2 Å². The lowest BCUT2D eigenvalue weighted by atomic mass is 10.1. The molecule has 2 amide bonds. The highest BCUT2D eigenvalue weighted by Gasteiger charge is 2.24. The first-order valence-corrected chi connectivity index (χ1v) is 7.72. The molecule has 2 rings (SSSR count). The summed E-state index contributed by atoms with van der Waals surface area (Å²) >= 11 is 0. The van der Waals surface area contributed by atoms with Gasteiger partial charge in [-0.3, -0.25) is 14.5 Å². The van der Waals surface area contributed by atoms with Crippen molar-refractivity contribution in [1.82, 2.24) is 4.90 Å². The topological polar surface area (TPSA) is 65.1 Å². The predicted octanol–water partition coefficient (Wildman–Crippen LogP) is 2.18. The Kier molecular flexibility index (Phi) is 5.84. The van der Waals surface area contributed by atoms with Gasteiger partial charge in [0.1, 0.15) is 0 Å². The molecular formula is C17H23NO5. The van der Waals surface area contributed by atoms with Crippen LogP contribution in [-0.2, 0) is 16.0 Å². The molecule has 1 aromatic carbocycles. The Bertz CT molecular complexity index is 559. The second-order valence-electron chi connectivity index (χ2n) is 5.43. The van der Waals surface area contributed by atoms with Crippen LogP contribution in [0.4, 0.5) is 0 Å². The monoisotopic (exact) mass is 321 g/mol. The van der Waals surface area contributed by atoms with Crippen molar-refractivity contribution < 1.29 is 23.8 Å². The SMILES string of the molecule is COc1cc(CCC(=O)N2CCCCC2=O)cc(OC)c1OC. The molecule has 1 aliphatic rings. The highest BCUT2D eigenvalue weighted by atomic mass is 16.5. The number of rotatable bonds is 6. The number of piperidine rings is 1. The van der Waals surface area contributed by atoms with Gasteiger partial charge in [-0.2, -0.15) is 0 Å². The standard InChI is InChI=1S/C17H23NO5/c1-21-13-10-12(11-14(22-2)17(13)23-3)7-8-16(20)18-9-5-4-6-15(18)19/h10-11H,4-9H2,1-3H3. The summed E-state index contributed by atoms with van der Waals surface area (Å²) in [6, 6.07) is 3.65. The molecule has 126 valence electrons. The summed E-state index contributed by atoms with van der Waals surface area (Å²) in [5, 5.41) is 0. The molecule has 0 N–H and O–H groups in total. The molecule has 0 aromatic heterocycles.